The number of nitrogens with zero attached hydrogens (tertiary/aromatic N) is 1. The fraction of sp³-hybridized carbons (Fsp3) is 0.462. The van der Waals surface area contributed by atoms with Crippen LogP contribution in [-0.4, -0.2) is 24.5 Å². The number of amides is 1. The lowest BCUT2D eigenvalue weighted by molar-refractivity contribution is -0.384. The number of hydrogen-bond donors (Lipinski definition) is 2. The third-order valence-corrected chi connectivity index (χ3v) is 2.95. The minimum absolute atomic E-state index is 0.167. The minimum Gasteiger partial charge on any atom is -0.496 e. The number of nitro groups is 1. The molecule has 20 heavy (non-hydrogen) atoms. The van der Waals surface area contributed by atoms with Gasteiger partial charge in [-0.25, -0.2) is 0 Å². The maximum atomic E-state index is 11.9. The van der Waals surface area contributed by atoms with Crippen molar-refractivity contribution in [2.75, 3.05) is 19.0 Å². The Bertz CT molecular complexity index is 491. The fourth-order valence-electron chi connectivity index (χ4n) is 1.71. The average Bonchev–Trinajstić information content (AvgIpc) is 2.44. The van der Waals surface area contributed by atoms with Gasteiger partial charge in [0.15, 0.2) is 0 Å². The highest BCUT2D eigenvalue weighted by atomic mass is 16.6. The monoisotopic (exact) mass is 281 g/mol. The molecule has 0 aliphatic rings. The molecule has 0 aromatic heterocycles. The number of nitrogens with two attached hydrogens (primary N) is 1. The van der Waals surface area contributed by atoms with E-state index in [1.54, 1.807) is 13.0 Å². The molecular formula is C13H19N3O4. The van der Waals surface area contributed by atoms with Crippen molar-refractivity contribution < 1.29 is 14.5 Å². The van der Waals surface area contributed by atoms with Crippen LogP contribution in [0, 0.1) is 16.0 Å². The van der Waals surface area contributed by atoms with Crippen molar-refractivity contribution in [2.24, 2.45) is 11.7 Å². The molecule has 7 nitrogen and oxygen atoms in total. The highest BCUT2D eigenvalue weighted by molar-refractivity contribution is 5.94. The summed E-state index contributed by atoms with van der Waals surface area (Å²) in [6.07, 6.45) is 1.38. The molecule has 1 unspecified atom stereocenters. The molecule has 110 valence electrons. The van der Waals surface area contributed by atoms with Gasteiger partial charge >= 0.3 is 0 Å². The van der Waals surface area contributed by atoms with Gasteiger partial charge < -0.3 is 15.8 Å². The van der Waals surface area contributed by atoms with Crippen molar-refractivity contribution >= 4 is 17.3 Å². The van der Waals surface area contributed by atoms with Crippen LogP contribution in [-0.2, 0) is 4.79 Å². The van der Waals surface area contributed by atoms with E-state index in [0.29, 0.717) is 18.7 Å². The van der Waals surface area contributed by atoms with Crippen LogP contribution in [0.3, 0.4) is 0 Å². The second-order valence-corrected chi connectivity index (χ2v) is 4.46. The first-order valence-corrected chi connectivity index (χ1v) is 6.33. The first-order valence-electron chi connectivity index (χ1n) is 6.33. The highest BCUT2D eigenvalue weighted by Gasteiger charge is 2.19. The van der Waals surface area contributed by atoms with E-state index < -0.39 is 4.92 Å². The molecule has 0 radical (unpaired) electrons. The number of nitro benzene ring substituents is 1. The molecule has 1 amide bonds. The lowest BCUT2D eigenvalue weighted by Crippen LogP contribution is -2.21. The van der Waals surface area contributed by atoms with E-state index >= 15 is 0 Å². The van der Waals surface area contributed by atoms with E-state index in [9.17, 15) is 14.9 Å². The van der Waals surface area contributed by atoms with E-state index in [1.165, 1.54) is 19.2 Å². The minimum atomic E-state index is -0.553. The van der Waals surface area contributed by atoms with Crippen LogP contribution in [0.5, 0.6) is 5.75 Å². The Kier molecular flexibility index (Phi) is 5.92. The molecule has 0 aliphatic heterocycles. The van der Waals surface area contributed by atoms with E-state index in [1.807, 2.05) is 0 Å². The zero-order valence-electron chi connectivity index (χ0n) is 11.6. The Morgan fingerprint density at radius 3 is 2.80 bits per heavy atom. The molecule has 1 atom stereocenters. The SMILES string of the molecule is COc1ccc(NC(=O)C(C)CCCN)c([N+](=O)[O-])c1. The molecule has 0 heterocycles. The molecule has 0 fully saturated rings. The maximum absolute atomic E-state index is 11.9. The summed E-state index contributed by atoms with van der Waals surface area (Å²) in [5.74, 6) is -0.141. The Balaban J connectivity index is 2.86. The van der Waals surface area contributed by atoms with Gasteiger partial charge in [-0.15, -0.1) is 0 Å². The van der Waals surface area contributed by atoms with Crippen LogP contribution in [0.1, 0.15) is 19.8 Å². The van der Waals surface area contributed by atoms with E-state index in [2.05, 4.69) is 5.32 Å². The van der Waals surface area contributed by atoms with Crippen LogP contribution in [0.15, 0.2) is 18.2 Å². The third-order valence-electron chi connectivity index (χ3n) is 2.95. The van der Waals surface area contributed by atoms with Crippen LogP contribution >= 0.6 is 0 Å². The average molecular weight is 281 g/mol. The smallest absolute Gasteiger partial charge is 0.296 e. The zero-order valence-corrected chi connectivity index (χ0v) is 11.6. The first kappa shape index (κ1) is 15.9. The number of carbonyl (C=O) groups excluding carboxylic acids is 1. The number of nitrogens with one attached hydrogen (secondary N) is 1. The van der Waals surface area contributed by atoms with Gasteiger partial charge in [0.25, 0.3) is 5.69 Å². The van der Waals surface area contributed by atoms with E-state index in [-0.39, 0.29) is 23.2 Å². The van der Waals surface area contributed by atoms with Crippen LogP contribution < -0.4 is 15.8 Å². The summed E-state index contributed by atoms with van der Waals surface area (Å²) in [7, 11) is 1.42. The zero-order chi connectivity index (χ0) is 15.1. The van der Waals surface area contributed by atoms with Crippen molar-refractivity contribution in [3.8, 4) is 5.75 Å². The van der Waals surface area contributed by atoms with Gasteiger partial charge in [0, 0.05) is 5.92 Å². The van der Waals surface area contributed by atoms with Crippen molar-refractivity contribution in [2.45, 2.75) is 19.8 Å². The van der Waals surface area contributed by atoms with Gasteiger partial charge in [-0.05, 0) is 31.5 Å². The number of methoxy groups -OCH3 is 1. The number of anilines is 1. The number of hydrogen-bond acceptors (Lipinski definition) is 5. The van der Waals surface area contributed by atoms with Crippen LogP contribution in [0.2, 0.25) is 0 Å². The van der Waals surface area contributed by atoms with Gasteiger partial charge in [0.2, 0.25) is 5.91 Å². The Labute approximate surface area is 117 Å². The number of ether oxygens (including phenoxy) is 1. The van der Waals surface area contributed by atoms with Gasteiger partial charge in [0.1, 0.15) is 11.4 Å². The molecule has 0 bridgehead atoms. The summed E-state index contributed by atoms with van der Waals surface area (Å²) in [4.78, 5) is 22.4. The summed E-state index contributed by atoms with van der Waals surface area (Å²) in [5.41, 5.74) is 5.37. The molecule has 0 spiro atoms. The summed E-state index contributed by atoms with van der Waals surface area (Å²) in [6, 6.07) is 4.30. The first-order chi connectivity index (χ1) is 9.49. The van der Waals surface area contributed by atoms with Gasteiger partial charge in [0.05, 0.1) is 18.1 Å². The molecular weight excluding hydrogens is 262 g/mol. The van der Waals surface area contributed by atoms with Crippen LogP contribution in [0.4, 0.5) is 11.4 Å². The molecule has 7 heteroatoms. The maximum Gasteiger partial charge on any atom is 0.296 e. The van der Waals surface area contributed by atoms with Gasteiger partial charge in [-0.3, -0.25) is 14.9 Å². The summed E-state index contributed by atoms with van der Waals surface area (Å²) < 4.78 is 4.93. The largest absolute Gasteiger partial charge is 0.496 e. The highest BCUT2D eigenvalue weighted by Crippen LogP contribution is 2.29. The summed E-state index contributed by atoms with van der Waals surface area (Å²) >= 11 is 0. The molecule has 1 rings (SSSR count). The lowest BCUT2D eigenvalue weighted by atomic mass is 10.0. The predicted molar refractivity (Wildman–Crippen MR) is 75.7 cm³/mol. The fourth-order valence-corrected chi connectivity index (χ4v) is 1.71. The van der Waals surface area contributed by atoms with Crippen molar-refractivity contribution in [3.05, 3.63) is 28.3 Å². The van der Waals surface area contributed by atoms with Gasteiger partial charge in [-0.1, -0.05) is 6.92 Å². The van der Waals surface area contributed by atoms with Crippen molar-refractivity contribution in [3.63, 3.8) is 0 Å². The third kappa shape index (κ3) is 4.20. The second kappa shape index (κ2) is 7.44. The quantitative estimate of drug-likeness (QED) is 0.586. The Hall–Kier alpha value is -2.15. The van der Waals surface area contributed by atoms with Crippen molar-refractivity contribution in [1.82, 2.24) is 0 Å². The molecule has 1 aromatic carbocycles. The molecule has 0 saturated heterocycles. The Morgan fingerprint density at radius 2 is 2.25 bits per heavy atom. The lowest BCUT2D eigenvalue weighted by Gasteiger charge is -2.12. The molecule has 0 saturated carbocycles. The Morgan fingerprint density at radius 1 is 1.55 bits per heavy atom. The molecule has 3 N–H and O–H groups in total. The topological polar surface area (TPSA) is 107 Å². The molecule has 1 aromatic rings. The standard InChI is InChI=1S/C13H19N3O4/c1-9(4-3-7-14)13(17)15-11-6-5-10(20-2)8-12(11)16(18)19/h5-6,8-9H,3-4,7,14H2,1-2H3,(H,15,17). The van der Waals surface area contributed by atoms with Crippen LogP contribution in [0.25, 0.3) is 0 Å². The summed E-state index contributed by atoms with van der Waals surface area (Å²) in [5, 5.41) is 13.6. The van der Waals surface area contributed by atoms with Gasteiger partial charge in [-0.2, -0.15) is 0 Å². The number of carbonyl (C=O) groups is 1. The van der Waals surface area contributed by atoms with Crippen molar-refractivity contribution in [1.29, 1.82) is 0 Å². The van der Waals surface area contributed by atoms with E-state index in [0.717, 1.165) is 6.42 Å². The summed E-state index contributed by atoms with van der Waals surface area (Å²) in [6.45, 7) is 2.28. The predicted octanol–water partition coefficient (Wildman–Crippen LogP) is 1.92. The molecule has 0 aliphatic carbocycles. The second-order valence-electron chi connectivity index (χ2n) is 4.46. The van der Waals surface area contributed by atoms with E-state index in [4.69, 9.17) is 10.5 Å². The normalized spacial score (nSPS) is 11.8. The number of benzene rings is 1. The number of rotatable bonds is 7.